The second kappa shape index (κ2) is 8.58. The van der Waals surface area contributed by atoms with Crippen LogP contribution in [-0.4, -0.2) is 4.98 Å². The predicted molar refractivity (Wildman–Crippen MR) is 142 cm³/mol. The first-order valence-corrected chi connectivity index (χ1v) is 11.7. The number of anilines is 3. The van der Waals surface area contributed by atoms with E-state index in [0.717, 1.165) is 50.9 Å². The Labute approximate surface area is 208 Å². The van der Waals surface area contributed by atoms with Crippen LogP contribution < -0.4 is 4.90 Å². The van der Waals surface area contributed by atoms with Crippen LogP contribution in [0.5, 0.6) is 0 Å². The largest absolute Gasteiger partial charge is 0.437 e. The van der Waals surface area contributed by atoms with Crippen molar-refractivity contribution < 1.29 is 4.42 Å². The number of rotatable bonds is 4. The first-order chi connectivity index (χ1) is 17.7. The molecule has 5 aromatic rings. The lowest BCUT2D eigenvalue weighted by Crippen LogP contribution is -2.15. The van der Waals surface area contributed by atoms with E-state index < -0.39 is 0 Å². The van der Waals surface area contributed by atoms with Crippen LogP contribution in [0.25, 0.3) is 39.4 Å². The highest BCUT2D eigenvalue weighted by Gasteiger charge is 2.27. The summed E-state index contributed by atoms with van der Waals surface area (Å²) < 4.78 is 5.95. The van der Waals surface area contributed by atoms with Crippen LogP contribution in [0.3, 0.4) is 0 Å². The molecule has 1 aliphatic rings. The second-order valence-corrected chi connectivity index (χ2v) is 8.58. The van der Waals surface area contributed by atoms with Gasteiger partial charge in [-0.2, -0.15) is 10.5 Å². The molecule has 0 spiro atoms. The van der Waals surface area contributed by atoms with E-state index in [1.54, 1.807) is 0 Å². The molecule has 4 aromatic carbocycles. The van der Waals surface area contributed by atoms with Gasteiger partial charge in [0.2, 0.25) is 5.89 Å². The summed E-state index contributed by atoms with van der Waals surface area (Å²) in [5, 5.41) is 20.3. The summed E-state index contributed by atoms with van der Waals surface area (Å²) in [6.45, 7) is 2.16. The number of aromatic nitrogens is 1. The summed E-state index contributed by atoms with van der Waals surface area (Å²) >= 11 is 0. The van der Waals surface area contributed by atoms with Crippen molar-refractivity contribution in [3.63, 3.8) is 0 Å². The molecule has 1 aliphatic heterocycles. The van der Waals surface area contributed by atoms with Crippen LogP contribution >= 0.6 is 0 Å². The van der Waals surface area contributed by atoms with Crippen LogP contribution in [0.4, 0.5) is 17.1 Å². The Morgan fingerprint density at radius 1 is 0.861 bits per heavy atom. The molecule has 170 valence electrons. The van der Waals surface area contributed by atoms with Crippen molar-refractivity contribution in [2.75, 3.05) is 4.90 Å². The normalized spacial score (nSPS) is 11.5. The molecule has 1 aromatic heterocycles. The summed E-state index contributed by atoms with van der Waals surface area (Å²) in [5.74, 6) is 0.810. The third-order valence-corrected chi connectivity index (χ3v) is 6.58. The highest BCUT2D eigenvalue weighted by atomic mass is 16.4. The fourth-order valence-corrected chi connectivity index (χ4v) is 4.88. The molecular formula is C31H20N4O. The Hall–Kier alpha value is -5.13. The van der Waals surface area contributed by atoms with Gasteiger partial charge in [-0.05, 0) is 53.3 Å². The van der Waals surface area contributed by atoms with Crippen LogP contribution in [0, 0.1) is 22.7 Å². The van der Waals surface area contributed by atoms with E-state index in [1.807, 2.05) is 18.2 Å². The molecule has 5 nitrogen and oxygen atoms in total. The average Bonchev–Trinajstić information content (AvgIpc) is 3.40. The van der Waals surface area contributed by atoms with E-state index in [4.69, 9.17) is 14.9 Å². The van der Waals surface area contributed by atoms with Crippen molar-refractivity contribution in [3.8, 4) is 34.7 Å². The predicted octanol–water partition coefficient (Wildman–Crippen LogP) is 7.94. The minimum atomic E-state index is -0.0315. The number of para-hydroxylation sites is 1. The van der Waals surface area contributed by atoms with Gasteiger partial charge in [0.25, 0.3) is 0 Å². The topological polar surface area (TPSA) is 76.8 Å². The lowest BCUT2D eigenvalue weighted by Gasteiger charge is -2.33. The summed E-state index contributed by atoms with van der Waals surface area (Å²) in [6.07, 6.45) is 3.94. The van der Waals surface area contributed by atoms with Gasteiger partial charge in [0.1, 0.15) is 23.5 Å². The minimum absolute atomic E-state index is 0.0315. The maximum atomic E-state index is 9.07. The zero-order valence-corrected chi connectivity index (χ0v) is 19.6. The number of nitrogens with zero attached hydrogens (tertiary/aromatic N) is 4. The monoisotopic (exact) mass is 464 g/mol. The van der Waals surface area contributed by atoms with Crippen molar-refractivity contribution in [2.24, 2.45) is 0 Å². The summed E-state index contributed by atoms with van der Waals surface area (Å²) in [7, 11) is 0. The number of allylic oxidation sites excluding steroid dienone is 1. The molecule has 0 unspecified atom stereocenters. The zero-order valence-electron chi connectivity index (χ0n) is 19.6. The Kier molecular flexibility index (Phi) is 5.10. The third kappa shape index (κ3) is 3.35. The molecule has 0 aliphatic carbocycles. The summed E-state index contributed by atoms with van der Waals surface area (Å²) in [6, 6.07) is 31.3. The van der Waals surface area contributed by atoms with E-state index in [-0.39, 0.29) is 5.57 Å². The Bertz CT molecular complexity index is 1730. The lowest BCUT2D eigenvalue weighted by atomic mass is 9.89. The molecule has 0 N–H and O–H groups in total. The summed E-state index contributed by atoms with van der Waals surface area (Å²) in [5.41, 5.74) is 7.78. The number of hydrogen-bond donors (Lipinski definition) is 0. The molecule has 6 rings (SSSR count). The summed E-state index contributed by atoms with van der Waals surface area (Å²) in [4.78, 5) is 6.77. The molecule has 5 heteroatoms. The van der Waals surface area contributed by atoms with Gasteiger partial charge < -0.3 is 9.32 Å². The first kappa shape index (κ1) is 21.4. The van der Waals surface area contributed by atoms with Gasteiger partial charge in [-0.15, -0.1) is 0 Å². The average molecular weight is 465 g/mol. The van der Waals surface area contributed by atoms with Gasteiger partial charge >= 0.3 is 0 Å². The third-order valence-electron chi connectivity index (χ3n) is 6.58. The van der Waals surface area contributed by atoms with Crippen molar-refractivity contribution in [1.29, 1.82) is 10.5 Å². The van der Waals surface area contributed by atoms with Gasteiger partial charge in [-0.25, -0.2) is 4.98 Å². The minimum Gasteiger partial charge on any atom is -0.437 e. The van der Waals surface area contributed by atoms with Gasteiger partial charge in [0.15, 0.2) is 0 Å². The number of hydrogen-bond acceptors (Lipinski definition) is 5. The number of aryl methyl sites for hydroxylation is 1. The van der Waals surface area contributed by atoms with Crippen molar-refractivity contribution in [1.82, 2.24) is 4.98 Å². The van der Waals surface area contributed by atoms with Crippen LogP contribution in [0.2, 0.25) is 0 Å². The van der Waals surface area contributed by atoms with E-state index in [1.165, 1.54) is 17.8 Å². The van der Waals surface area contributed by atoms with Gasteiger partial charge in [0, 0.05) is 28.3 Å². The fraction of sp³-hybridized carbons (Fsp3) is 0.0645. The van der Waals surface area contributed by atoms with Crippen LogP contribution in [0.1, 0.15) is 18.2 Å². The zero-order chi connectivity index (χ0) is 24.6. The maximum absolute atomic E-state index is 9.07. The van der Waals surface area contributed by atoms with Gasteiger partial charge in [0.05, 0.1) is 17.6 Å². The van der Waals surface area contributed by atoms with E-state index in [0.29, 0.717) is 11.7 Å². The van der Waals surface area contributed by atoms with Crippen molar-refractivity contribution >= 4 is 33.9 Å². The maximum Gasteiger partial charge on any atom is 0.227 e. The Morgan fingerprint density at radius 3 is 2.42 bits per heavy atom. The highest BCUT2D eigenvalue weighted by molar-refractivity contribution is 6.16. The number of fused-ring (bicyclic) bond motifs is 2. The second-order valence-electron chi connectivity index (χ2n) is 8.58. The Morgan fingerprint density at radius 2 is 1.64 bits per heavy atom. The molecule has 0 amide bonds. The molecule has 0 saturated heterocycles. The fourth-order valence-electron chi connectivity index (χ4n) is 4.88. The first-order valence-electron chi connectivity index (χ1n) is 11.7. The van der Waals surface area contributed by atoms with Crippen molar-refractivity contribution in [2.45, 2.75) is 13.3 Å². The number of oxazole rings is 1. The molecular weight excluding hydrogens is 444 g/mol. The van der Waals surface area contributed by atoms with Crippen LogP contribution in [0.15, 0.2) is 95.0 Å². The standard InChI is InChI=1S/C31H20N4O/c1-2-20-10-12-22(13-11-20)35-28-9-4-3-6-24(28)25-7-5-8-26-27(14-15-29(35)30(25)26)31-34-19-23(36-31)16-21(17-32)18-33/h3-16,19H,2H2,1H3. The molecule has 36 heavy (non-hydrogen) atoms. The smallest absolute Gasteiger partial charge is 0.227 e. The number of benzene rings is 4. The van der Waals surface area contributed by atoms with E-state index >= 15 is 0 Å². The molecule has 0 atom stereocenters. The SMILES string of the molecule is CCc1ccc(N2c3ccccc3-c3cccc4c(-c5ncc(C=C(C#N)C#N)o5)ccc2c34)cc1. The highest BCUT2D eigenvalue weighted by Crippen LogP contribution is 2.52. The quantitative estimate of drug-likeness (QED) is 0.248. The van der Waals surface area contributed by atoms with Gasteiger partial charge in [-0.1, -0.05) is 55.5 Å². The van der Waals surface area contributed by atoms with E-state index in [9.17, 15) is 0 Å². The molecule has 0 radical (unpaired) electrons. The Balaban J connectivity index is 1.58. The van der Waals surface area contributed by atoms with E-state index in [2.05, 4.69) is 89.6 Å². The van der Waals surface area contributed by atoms with Crippen LogP contribution in [-0.2, 0) is 6.42 Å². The molecule has 0 bridgehead atoms. The van der Waals surface area contributed by atoms with Crippen molar-refractivity contribution in [3.05, 3.63) is 102 Å². The number of nitriles is 2. The lowest BCUT2D eigenvalue weighted by molar-refractivity contribution is 0.565. The molecule has 0 saturated carbocycles. The van der Waals surface area contributed by atoms with Gasteiger partial charge in [-0.3, -0.25) is 0 Å². The molecule has 0 fully saturated rings. The molecule has 2 heterocycles.